The fourth-order valence-electron chi connectivity index (χ4n) is 1.17. The highest BCUT2D eigenvalue weighted by molar-refractivity contribution is 6.43. The molecule has 0 atom stereocenters. The zero-order chi connectivity index (χ0) is 12.1. The van der Waals surface area contributed by atoms with Gasteiger partial charge in [-0.15, -0.1) is 0 Å². The number of halogens is 2. The molecule has 1 aromatic rings. The summed E-state index contributed by atoms with van der Waals surface area (Å²) >= 11 is 11.6. The number of carbonyl (C=O) groups excluding carboxylic acids is 2. The monoisotopic (exact) mass is 260 g/mol. The summed E-state index contributed by atoms with van der Waals surface area (Å²) in [5.41, 5.74) is 0.332. The van der Waals surface area contributed by atoms with Crippen molar-refractivity contribution in [1.29, 1.82) is 0 Å². The normalized spacial score (nSPS) is 9.94. The van der Waals surface area contributed by atoms with Crippen LogP contribution in [0.3, 0.4) is 0 Å². The van der Waals surface area contributed by atoms with Crippen molar-refractivity contribution >= 4 is 35.0 Å². The summed E-state index contributed by atoms with van der Waals surface area (Å²) < 4.78 is 4.44. The number of hydrogen-bond acceptors (Lipinski definition) is 3. The van der Waals surface area contributed by atoms with E-state index in [0.717, 1.165) is 0 Å². The molecule has 0 spiro atoms. The first-order chi connectivity index (χ1) is 7.56. The summed E-state index contributed by atoms with van der Waals surface area (Å²) in [5.74, 6) is -0.649. The molecule has 1 aromatic carbocycles. The first-order valence-corrected chi connectivity index (χ1v) is 5.36. The van der Waals surface area contributed by atoms with Crippen molar-refractivity contribution in [3.05, 3.63) is 33.8 Å². The summed E-state index contributed by atoms with van der Waals surface area (Å²) in [6.45, 7) is 0. The van der Waals surface area contributed by atoms with Crippen molar-refractivity contribution < 1.29 is 14.3 Å². The van der Waals surface area contributed by atoms with E-state index in [1.54, 1.807) is 18.2 Å². The average molecular weight is 261 g/mol. The van der Waals surface area contributed by atoms with Gasteiger partial charge in [-0.1, -0.05) is 29.3 Å². The highest BCUT2D eigenvalue weighted by Crippen LogP contribution is 2.26. The van der Waals surface area contributed by atoms with Gasteiger partial charge in [-0.3, -0.25) is 9.59 Å². The van der Waals surface area contributed by atoms with Crippen LogP contribution in [0, 0.1) is 0 Å². The van der Waals surface area contributed by atoms with E-state index < -0.39 is 5.97 Å². The highest BCUT2D eigenvalue weighted by Gasteiger charge is 2.14. The lowest BCUT2D eigenvalue weighted by Gasteiger charge is -2.04. The quantitative estimate of drug-likeness (QED) is 0.617. The van der Waals surface area contributed by atoms with E-state index in [1.807, 2.05) is 0 Å². The lowest BCUT2D eigenvalue weighted by atomic mass is 10.1. The van der Waals surface area contributed by atoms with Crippen LogP contribution in [0.5, 0.6) is 0 Å². The predicted molar refractivity (Wildman–Crippen MR) is 62.0 cm³/mol. The summed E-state index contributed by atoms with van der Waals surface area (Å²) in [7, 11) is 1.28. The Morgan fingerprint density at radius 3 is 2.56 bits per heavy atom. The molecule has 0 unspecified atom stereocenters. The predicted octanol–water partition coefficient (Wildman–Crippen LogP) is 3.13. The zero-order valence-electron chi connectivity index (χ0n) is 8.63. The van der Waals surface area contributed by atoms with E-state index in [2.05, 4.69) is 4.74 Å². The number of benzene rings is 1. The van der Waals surface area contributed by atoms with Gasteiger partial charge < -0.3 is 4.74 Å². The van der Waals surface area contributed by atoms with Crippen molar-refractivity contribution in [3.63, 3.8) is 0 Å². The maximum Gasteiger partial charge on any atom is 0.305 e. The van der Waals surface area contributed by atoms with Crippen LogP contribution in [0.2, 0.25) is 10.0 Å². The third-order valence-corrected chi connectivity index (χ3v) is 2.85. The minimum absolute atomic E-state index is 0.0399. The van der Waals surface area contributed by atoms with Crippen molar-refractivity contribution in [2.75, 3.05) is 7.11 Å². The standard InChI is InChI=1S/C11H10Cl2O3/c1-16-10(15)6-5-9(14)7-3-2-4-8(12)11(7)13/h2-4H,5-6H2,1H3. The van der Waals surface area contributed by atoms with Crippen molar-refractivity contribution in [3.8, 4) is 0 Å². The molecule has 1 rings (SSSR count). The summed E-state index contributed by atoms with van der Waals surface area (Å²) in [4.78, 5) is 22.6. The number of carbonyl (C=O) groups is 2. The molecule has 0 aliphatic rings. The van der Waals surface area contributed by atoms with E-state index >= 15 is 0 Å². The smallest absolute Gasteiger partial charge is 0.305 e. The van der Waals surface area contributed by atoms with Crippen LogP contribution < -0.4 is 0 Å². The molecule has 0 saturated heterocycles. The number of hydrogen-bond donors (Lipinski definition) is 0. The Morgan fingerprint density at radius 1 is 1.25 bits per heavy atom. The molecule has 0 heterocycles. The molecule has 0 aliphatic carbocycles. The molecule has 0 saturated carbocycles. The number of ether oxygens (including phenoxy) is 1. The van der Waals surface area contributed by atoms with E-state index in [9.17, 15) is 9.59 Å². The Balaban J connectivity index is 2.74. The maximum atomic E-state index is 11.7. The molecule has 5 heteroatoms. The van der Waals surface area contributed by atoms with Gasteiger partial charge in [-0.2, -0.15) is 0 Å². The van der Waals surface area contributed by atoms with Gasteiger partial charge in [0.15, 0.2) is 5.78 Å². The summed E-state index contributed by atoms with van der Waals surface area (Å²) in [6.07, 6.45) is 0.102. The van der Waals surface area contributed by atoms with E-state index in [4.69, 9.17) is 23.2 Å². The first-order valence-electron chi connectivity index (χ1n) is 4.60. The number of rotatable bonds is 4. The number of methoxy groups -OCH3 is 1. The highest BCUT2D eigenvalue weighted by atomic mass is 35.5. The molecular weight excluding hydrogens is 251 g/mol. The second-order valence-corrected chi connectivity index (χ2v) is 3.89. The Morgan fingerprint density at radius 2 is 1.94 bits per heavy atom. The number of ketones is 1. The maximum absolute atomic E-state index is 11.7. The lowest BCUT2D eigenvalue weighted by Crippen LogP contribution is -2.06. The van der Waals surface area contributed by atoms with Crippen molar-refractivity contribution in [2.24, 2.45) is 0 Å². The van der Waals surface area contributed by atoms with Gasteiger partial charge in [-0.25, -0.2) is 0 Å². The Labute approximate surface area is 103 Å². The van der Waals surface area contributed by atoms with Crippen molar-refractivity contribution in [1.82, 2.24) is 0 Å². The lowest BCUT2D eigenvalue weighted by molar-refractivity contribution is -0.140. The van der Waals surface area contributed by atoms with Crippen LogP contribution in [0.1, 0.15) is 23.2 Å². The van der Waals surface area contributed by atoms with Gasteiger partial charge in [0.05, 0.1) is 23.6 Å². The van der Waals surface area contributed by atoms with E-state index in [-0.39, 0.29) is 23.6 Å². The number of Topliss-reactive ketones (excluding diaryl/α,β-unsaturated/α-hetero) is 1. The summed E-state index contributed by atoms with van der Waals surface area (Å²) in [6, 6.07) is 4.81. The fourth-order valence-corrected chi connectivity index (χ4v) is 1.58. The average Bonchev–Trinajstić information content (AvgIpc) is 2.29. The molecular formula is C11H10Cl2O3. The van der Waals surface area contributed by atoms with Gasteiger partial charge in [0.1, 0.15) is 0 Å². The largest absolute Gasteiger partial charge is 0.469 e. The second kappa shape index (κ2) is 5.87. The van der Waals surface area contributed by atoms with Crippen molar-refractivity contribution in [2.45, 2.75) is 12.8 Å². The molecule has 0 fully saturated rings. The second-order valence-electron chi connectivity index (χ2n) is 3.10. The number of esters is 1. The molecule has 0 aromatic heterocycles. The van der Waals surface area contributed by atoms with Crippen LogP contribution in [-0.4, -0.2) is 18.9 Å². The molecule has 0 aliphatic heterocycles. The minimum atomic E-state index is -0.425. The van der Waals surface area contributed by atoms with Crippen LogP contribution in [-0.2, 0) is 9.53 Å². The Kier molecular flexibility index (Phi) is 4.77. The fraction of sp³-hybridized carbons (Fsp3) is 0.273. The molecule has 0 N–H and O–H groups in total. The molecule has 3 nitrogen and oxygen atoms in total. The molecule has 0 radical (unpaired) electrons. The van der Waals surface area contributed by atoms with Gasteiger partial charge in [0, 0.05) is 12.0 Å². The summed E-state index contributed by atoms with van der Waals surface area (Å²) in [5, 5.41) is 0.546. The Hall–Kier alpha value is -1.06. The first kappa shape index (κ1) is 13.0. The SMILES string of the molecule is COC(=O)CCC(=O)c1cccc(Cl)c1Cl. The van der Waals surface area contributed by atoms with Gasteiger partial charge in [-0.05, 0) is 12.1 Å². The molecule has 0 bridgehead atoms. The zero-order valence-corrected chi connectivity index (χ0v) is 10.1. The van der Waals surface area contributed by atoms with Crippen LogP contribution in [0.4, 0.5) is 0 Å². The van der Waals surface area contributed by atoms with Gasteiger partial charge in [0.25, 0.3) is 0 Å². The Bertz CT molecular complexity index is 416. The third-order valence-electron chi connectivity index (χ3n) is 2.04. The molecule has 86 valence electrons. The van der Waals surface area contributed by atoms with Crippen LogP contribution >= 0.6 is 23.2 Å². The van der Waals surface area contributed by atoms with E-state index in [1.165, 1.54) is 7.11 Å². The third kappa shape index (κ3) is 3.22. The van der Waals surface area contributed by atoms with E-state index in [0.29, 0.717) is 10.6 Å². The van der Waals surface area contributed by atoms with Crippen LogP contribution in [0.25, 0.3) is 0 Å². The topological polar surface area (TPSA) is 43.4 Å². The van der Waals surface area contributed by atoms with Gasteiger partial charge in [0.2, 0.25) is 0 Å². The van der Waals surface area contributed by atoms with Gasteiger partial charge >= 0.3 is 5.97 Å². The molecule has 16 heavy (non-hydrogen) atoms. The minimum Gasteiger partial charge on any atom is -0.469 e. The molecule has 0 amide bonds. The van der Waals surface area contributed by atoms with Crippen LogP contribution in [0.15, 0.2) is 18.2 Å².